The molecule has 2 aliphatic heterocycles. The molecule has 0 amide bonds. The molecule has 0 bridgehead atoms. The third kappa shape index (κ3) is 3.49. The van der Waals surface area contributed by atoms with Gasteiger partial charge >= 0.3 is 0 Å². The highest BCUT2D eigenvalue weighted by Gasteiger charge is 2.56. The molecule has 2 aliphatic rings. The number of ether oxygens (including phenoxy) is 3. The van der Waals surface area contributed by atoms with Crippen LogP contribution in [0.3, 0.4) is 0 Å². The number of hydrogen-bond acceptors (Lipinski definition) is 7. The third-order valence-electron chi connectivity index (χ3n) is 4.05. The summed E-state index contributed by atoms with van der Waals surface area (Å²) in [5.74, 6) is -0.880. The summed E-state index contributed by atoms with van der Waals surface area (Å²) in [5, 5.41) is 9.19. The fraction of sp³-hybridized carbons (Fsp3) is 0.625. The van der Waals surface area contributed by atoms with Crippen molar-refractivity contribution in [2.24, 2.45) is 0 Å². The molecule has 2 saturated heterocycles. The van der Waals surface area contributed by atoms with E-state index in [0.29, 0.717) is 0 Å². The van der Waals surface area contributed by atoms with Gasteiger partial charge < -0.3 is 19.3 Å². The van der Waals surface area contributed by atoms with Gasteiger partial charge in [-0.3, -0.25) is 4.18 Å². The largest absolute Gasteiger partial charge is 0.396 e. The molecule has 1 aromatic rings. The molecule has 7 nitrogen and oxygen atoms in total. The van der Waals surface area contributed by atoms with Crippen molar-refractivity contribution < 1.29 is 31.9 Å². The molecule has 0 saturated carbocycles. The smallest absolute Gasteiger partial charge is 0.297 e. The van der Waals surface area contributed by atoms with E-state index in [-0.39, 0.29) is 17.9 Å². The van der Waals surface area contributed by atoms with E-state index in [1.54, 1.807) is 26.0 Å². The average molecular weight is 358 g/mol. The van der Waals surface area contributed by atoms with Crippen LogP contribution in [0.2, 0.25) is 0 Å². The maximum Gasteiger partial charge on any atom is 0.297 e. The molecule has 1 aromatic carbocycles. The zero-order valence-electron chi connectivity index (χ0n) is 13.8. The van der Waals surface area contributed by atoms with Crippen molar-refractivity contribution in [1.29, 1.82) is 0 Å². The van der Waals surface area contributed by atoms with Crippen molar-refractivity contribution in [3.63, 3.8) is 0 Å². The molecule has 24 heavy (non-hydrogen) atoms. The van der Waals surface area contributed by atoms with Gasteiger partial charge in [-0.15, -0.1) is 0 Å². The van der Waals surface area contributed by atoms with Gasteiger partial charge in [-0.25, -0.2) is 0 Å². The lowest BCUT2D eigenvalue weighted by molar-refractivity contribution is -0.214. The molecule has 0 radical (unpaired) electrons. The molecule has 4 atom stereocenters. The summed E-state index contributed by atoms with van der Waals surface area (Å²) in [6, 6.07) is 6.39. The number of benzene rings is 1. The van der Waals surface area contributed by atoms with Crippen LogP contribution in [0.4, 0.5) is 0 Å². The average Bonchev–Trinajstić information content (AvgIpc) is 2.93. The molecule has 1 N–H and O–H groups in total. The second-order valence-corrected chi connectivity index (χ2v) is 8.06. The minimum Gasteiger partial charge on any atom is -0.396 e. The first-order chi connectivity index (χ1) is 11.2. The molecule has 134 valence electrons. The second kappa shape index (κ2) is 6.36. The first kappa shape index (κ1) is 17.8. The van der Waals surface area contributed by atoms with Crippen LogP contribution in [0.5, 0.6) is 0 Å². The zero-order valence-corrected chi connectivity index (χ0v) is 14.7. The maximum atomic E-state index is 12.6. The van der Waals surface area contributed by atoms with Gasteiger partial charge in [-0.05, 0) is 39.3 Å². The van der Waals surface area contributed by atoms with E-state index >= 15 is 0 Å². The van der Waals surface area contributed by atoms with Gasteiger partial charge in [0, 0.05) is 6.61 Å². The van der Waals surface area contributed by atoms with E-state index in [9.17, 15) is 13.5 Å². The van der Waals surface area contributed by atoms with Crippen LogP contribution in [-0.2, 0) is 28.5 Å². The molecule has 8 heteroatoms. The standard InChI is InChI=1S/C16H22O7S/c1-10-4-6-11(7-5-10)24(18,19)23-13-12(8-9-17)20-15-14(13)21-16(2,3)22-15/h4-7,12-15,17H,8-9H2,1-3H3/t12-,13+,14-,15-/m1/s1. The van der Waals surface area contributed by atoms with Crippen LogP contribution in [0.25, 0.3) is 0 Å². The highest BCUT2D eigenvalue weighted by atomic mass is 32.2. The summed E-state index contributed by atoms with van der Waals surface area (Å²) in [7, 11) is -3.98. The Morgan fingerprint density at radius 3 is 2.50 bits per heavy atom. The Kier molecular flexibility index (Phi) is 4.71. The van der Waals surface area contributed by atoms with Crippen molar-refractivity contribution in [3.05, 3.63) is 29.8 Å². The summed E-state index contributed by atoms with van der Waals surface area (Å²) in [4.78, 5) is 0.0671. The Hall–Kier alpha value is -1.03. The van der Waals surface area contributed by atoms with Gasteiger partial charge in [-0.2, -0.15) is 8.42 Å². The number of hydrogen-bond donors (Lipinski definition) is 1. The number of rotatable bonds is 5. The van der Waals surface area contributed by atoms with Crippen LogP contribution in [0.1, 0.15) is 25.8 Å². The zero-order chi connectivity index (χ0) is 17.5. The van der Waals surface area contributed by atoms with Crippen molar-refractivity contribution in [3.8, 4) is 0 Å². The third-order valence-corrected chi connectivity index (χ3v) is 5.37. The first-order valence-corrected chi connectivity index (χ1v) is 9.24. The summed E-state index contributed by atoms with van der Waals surface area (Å²) < 4.78 is 47.6. The molecular weight excluding hydrogens is 336 g/mol. The first-order valence-electron chi connectivity index (χ1n) is 7.84. The molecule has 3 rings (SSSR count). The van der Waals surface area contributed by atoms with E-state index in [2.05, 4.69) is 0 Å². The van der Waals surface area contributed by atoms with E-state index < -0.39 is 40.5 Å². The SMILES string of the molecule is Cc1ccc(S(=O)(=O)O[C@@H]2[C@H]3OC(C)(C)O[C@H]3O[C@@H]2CCO)cc1. The van der Waals surface area contributed by atoms with E-state index in [0.717, 1.165) is 5.56 Å². The summed E-state index contributed by atoms with van der Waals surface area (Å²) >= 11 is 0. The van der Waals surface area contributed by atoms with E-state index in [1.165, 1.54) is 12.1 Å². The quantitative estimate of drug-likeness (QED) is 0.794. The van der Waals surface area contributed by atoms with Crippen LogP contribution in [0.15, 0.2) is 29.2 Å². The molecule has 0 aromatic heterocycles. The van der Waals surface area contributed by atoms with Gasteiger partial charge in [0.15, 0.2) is 12.1 Å². The van der Waals surface area contributed by atoms with Crippen molar-refractivity contribution in [1.82, 2.24) is 0 Å². The lowest BCUT2D eigenvalue weighted by Crippen LogP contribution is -2.38. The van der Waals surface area contributed by atoms with Gasteiger partial charge in [0.25, 0.3) is 10.1 Å². The topological polar surface area (TPSA) is 91.3 Å². The normalized spacial score (nSPS) is 32.0. The predicted molar refractivity (Wildman–Crippen MR) is 83.6 cm³/mol. The Balaban J connectivity index is 1.83. The van der Waals surface area contributed by atoms with Crippen LogP contribution in [-0.4, -0.2) is 50.5 Å². The van der Waals surface area contributed by atoms with Crippen molar-refractivity contribution in [2.75, 3.05) is 6.61 Å². The van der Waals surface area contributed by atoms with Gasteiger partial charge in [-0.1, -0.05) is 17.7 Å². The molecular formula is C16H22O7S. The summed E-state index contributed by atoms with van der Waals surface area (Å²) in [5.41, 5.74) is 0.950. The van der Waals surface area contributed by atoms with Crippen LogP contribution in [0, 0.1) is 6.92 Å². The number of aliphatic hydroxyl groups is 1. The van der Waals surface area contributed by atoms with Gasteiger partial charge in [0.2, 0.25) is 0 Å². The van der Waals surface area contributed by atoms with E-state index in [4.69, 9.17) is 18.4 Å². The predicted octanol–water partition coefficient (Wildman–Crippen LogP) is 1.33. The van der Waals surface area contributed by atoms with Crippen molar-refractivity contribution in [2.45, 2.75) is 62.5 Å². The Bertz CT molecular complexity index is 683. The molecule has 0 spiro atoms. The lowest BCUT2D eigenvalue weighted by atomic mass is 10.1. The minimum absolute atomic E-state index is 0.0671. The fourth-order valence-corrected chi connectivity index (χ4v) is 4.04. The lowest BCUT2D eigenvalue weighted by Gasteiger charge is -2.25. The highest BCUT2D eigenvalue weighted by Crippen LogP contribution is 2.40. The number of aryl methyl sites for hydroxylation is 1. The molecule has 0 aliphatic carbocycles. The second-order valence-electron chi connectivity index (χ2n) is 6.48. The monoisotopic (exact) mass is 358 g/mol. The molecule has 2 heterocycles. The maximum absolute atomic E-state index is 12.6. The number of aliphatic hydroxyl groups excluding tert-OH is 1. The van der Waals surface area contributed by atoms with Gasteiger partial charge in [0.1, 0.15) is 12.2 Å². The van der Waals surface area contributed by atoms with Crippen LogP contribution < -0.4 is 0 Å². The number of fused-ring (bicyclic) bond motifs is 1. The summed E-state index contributed by atoms with van der Waals surface area (Å²) in [6.45, 7) is 5.16. The molecule has 0 unspecified atom stereocenters. The summed E-state index contributed by atoms with van der Waals surface area (Å²) in [6.07, 6.45) is -2.66. The van der Waals surface area contributed by atoms with E-state index in [1.807, 2.05) is 6.92 Å². The Morgan fingerprint density at radius 1 is 1.21 bits per heavy atom. The highest BCUT2D eigenvalue weighted by molar-refractivity contribution is 7.86. The minimum atomic E-state index is -3.98. The van der Waals surface area contributed by atoms with Crippen LogP contribution >= 0.6 is 0 Å². The molecule has 2 fully saturated rings. The van der Waals surface area contributed by atoms with Gasteiger partial charge in [0.05, 0.1) is 11.0 Å². The fourth-order valence-electron chi connectivity index (χ4n) is 2.93. The Morgan fingerprint density at radius 2 is 1.88 bits per heavy atom. The van der Waals surface area contributed by atoms with Crippen molar-refractivity contribution >= 4 is 10.1 Å². The Labute approximate surface area is 141 Å².